The Bertz CT molecular complexity index is 534. The first-order valence-electron chi connectivity index (χ1n) is 6.49. The lowest BCUT2D eigenvalue weighted by Crippen LogP contribution is -2.26. The van der Waals surface area contributed by atoms with Gasteiger partial charge in [0.05, 0.1) is 0 Å². The van der Waals surface area contributed by atoms with Gasteiger partial charge in [-0.3, -0.25) is 4.98 Å². The molecule has 2 heteroatoms. The molecule has 0 N–H and O–H groups in total. The molecule has 2 aromatic rings. The SMILES string of the molecule is CN1CCc2cc(Cc3cccnc3)ccc2C1. The van der Waals surface area contributed by atoms with Gasteiger partial charge in [-0.25, -0.2) is 0 Å². The summed E-state index contributed by atoms with van der Waals surface area (Å²) in [4.78, 5) is 6.55. The van der Waals surface area contributed by atoms with Gasteiger partial charge in [0.25, 0.3) is 0 Å². The lowest BCUT2D eigenvalue weighted by Gasteiger charge is -2.25. The summed E-state index contributed by atoms with van der Waals surface area (Å²) in [6.07, 6.45) is 5.93. The van der Waals surface area contributed by atoms with Gasteiger partial charge in [0.2, 0.25) is 0 Å². The largest absolute Gasteiger partial charge is 0.302 e. The van der Waals surface area contributed by atoms with E-state index >= 15 is 0 Å². The second kappa shape index (κ2) is 4.91. The molecule has 3 rings (SSSR count). The van der Waals surface area contributed by atoms with E-state index in [1.54, 1.807) is 0 Å². The average Bonchev–Trinajstić information content (AvgIpc) is 2.40. The molecule has 2 heterocycles. The third-order valence-corrected chi connectivity index (χ3v) is 3.60. The van der Waals surface area contributed by atoms with Crippen LogP contribution in [-0.2, 0) is 19.4 Å². The highest BCUT2D eigenvalue weighted by molar-refractivity contribution is 5.35. The summed E-state index contributed by atoms with van der Waals surface area (Å²) in [6, 6.07) is 11.1. The molecule has 0 amide bonds. The van der Waals surface area contributed by atoms with Crippen molar-refractivity contribution in [2.45, 2.75) is 19.4 Å². The van der Waals surface area contributed by atoms with E-state index in [4.69, 9.17) is 0 Å². The second-order valence-electron chi connectivity index (χ2n) is 5.13. The summed E-state index contributed by atoms with van der Waals surface area (Å²) in [5, 5.41) is 0. The normalized spacial score (nSPS) is 15.4. The number of fused-ring (bicyclic) bond motifs is 1. The molecule has 1 aliphatic rings. The predicted molar refractivity (Wildman–Crippen MR) is 73.5 cm³/mol. The van der Waals surface area contributed by atoms with Crippen LogP contribution >= 0.6 is 0 Å². The Morgan fingerprint density at radius 2 is 2.11 bits per heavy atom. The smallest absolute Gasteiger partial charge is 0.0303 e. The van der Waals surface area contributed by atoms with E-state index in [9.17, 15) is 0 Å². The quantitative estimate of drug-likeness (QED) is 0.799. The first-order chi connectivity index (χ1) is 8.81. The Hall–Kier alpha value is -1.67. The number of benzene rings is 1. The van der Waals surface area contributed by atoms with Gasteiger partial charge in [-0.2, -0.15) is 0 Å². The Morgan fingerprint density at radius 3 is 2.94 bits per heavy atom. The van der Waals surface area contributed by atoms with Crippen molar-refractivity contribution in [3.8, 4) is 0 Å². The van der Waals surface area contributed by atoms with Crippen LogP contribution in [-0.4, -0.2) is 23.5 Å². The predicted octanol–water partition coefficient (Wildman–Crippen LogP) is 2.66. The maximum atomic E-state index is 4.17. The van der Waals surface area contributed by atoms with Crippen molar-refractivity contribution >= 4 is 0 Å². The minimum atomic E-state index is 0.983. The molecule has 0 saturated heterocycles. The van der Waals surface area contributed by atoms with Crippen LogP contribution in [0, 0.1) is 0 Å². The van der Waals surface area contributed by atoms with Crippen molar-refractivity contribution in [3.05, 3.63) is 65.0 Å². The fraction of sp³-hybridized carbons (Fsp3) is 0.312. The van der Waals surface area contributed by atoms with E-state index < -0.39 is 0 Å². The van der Waals surface area contributed by atoms with Gasteiger partial charge in [0.15, 0.2) is 0 Å². The zero-order valence-electron chi connectivity index (χ0n) is 10.8. The average molecular weight is 238 g/mol. The third kappa shape index (κ3) is 2.44. The van der Waals surface area contributed by atoms with Crippen LogP contribution in [0.2, 0.25) is 0 Å². The Morgan fingerprint density at radius 1 is 1.17 bits per heavy atom. The molecule has 2 nitrogen and oxygen atoms in total. The molecule has 18 heavy (non-hydrogen) atoms. The third-order valence-electron chi connectivity index (χ3n) is 3.60. The van der Waals surface area contributed by atoms with Gasteiger partial charge in [-0.15, -0.1) is 0 Å². The zero-order valence-corrected chi connectivity index (χ0v) is 10.8. The number of hydrogen-bond acceptors (Lipinski definition) is 2. The van der Waals surface area contributed by atoms with Crippen LogP contribution in [0.5, 0.6) is 0 Å². The maximum Gasteiger partial charge on any atom is 0.0303 e. The van der Waals surface area contributed by atoms with Crippen LogP contribution in [0.25, 0.3) is 0 Å². The monoisotopic (exact) mass is 238 g/mol. The molecular weight excluding hydrogens is 220 g/mol. The summed E-state index contributed by atoms with van der Waals surface area (Å²) in [5.74, 6) is 0. The second-order valence-corrected chi connectivity index (χ2v) is 5.13. The Kier molecular flexibility index (Phi) is 3.11. The van der Waals surface area contributed by atoms with Gasteiger partial charge in [0, 0.05) is 25.5 Å². The summed E-state index contributed by atoms with van der Waals surface area (Å²) in [7, 11) is 2.19. The first kappa shape index (κ1) is 11.4. The fourth-order valence-electron chi connectivity index (χ4n) is 2.60. The molecule has 0 saturated carbocycles. The summed E-state index contributed by atoms with van der Waals surface area (Å²) in [5.41, 5.74) is 5.69. The lowest BCUT2D eigenvalue weighted by atomic mass is 9.95. The van der Waals surface area contributed by atoms with E-state index in [-0.39, 0.29) is 0 Å². The molecule has 0 spiro atoms. The highest BCUT2D eigenvalue weighted by Gasteiger charge is 2.13. The molecule has 0 atom stereocenters. The van der Waals surface area contributed by atoms with Crippen molar-refractivity contribution in [3.63, 3.8) is 0 Å². The topological polar surface area (TPSA) is 16.1 Å². The standard InChI is InChI=1S/C16H18N2/c1-18-8-6-15-10-13(4-5-16(15)12-18)9-14-3-2-7-17-11-14/h2-5,7,10-11H,6,8-9,12H2,1H3. The van der Waals surface area contributed by atoms with Gasteiger partial charge in [-0.1, -0.05) is 24.3 Å². The van der Waals surface area contributed by atoms with E-state index in [0.29, 0.717) is 0 Å². The minimum Gasteiger partial charge on any atom is -0.302 e. The van der Waals surface area contributed by atoms with Gasteiger partial charge in [0.1, 0.15) is 0 Å². The van der Waals surface area contributed by atoms with E-state index in [2.05, 4.69) is 41.2 Å². The molecule has 0 aliphatic carbocycles. The molecule has 0 radical (unpaired) electrons. The number of hydrogen-bond donors (Lipinski definition) is 0. The number of likely N-dealkylation sites (N-methyl/N-ethyl adjacent to an activating group) is 1. The molecule has 0 fully saturated rings. The van der Waals surface area contributed by atoms with E-state index in [0.717, 1.165) is 13.0 Å². The van der Waals surface area contributed by atoms with Crippen LogP contribution < -0.4 is 0 Å². The maximum absolute atomic E-state index is 4.17. The van der Waals surface area contributed by atoms with E-state index in [1.807, 2.05) is 18.5 Å². The number of aromatic nitrogens is 1. The van der Waals surface area contributed by atoms with Crippen molar-refractivity contribution in [2.24, 2.45) is 0 Å². The highest BCUT2D eigenvalue weighted by atomic mass is 15.1. The van der Waals surface area contributed by atoms with E-state index in [1.165, 1.54) is 35.2 Å². The van der Waals surface area contributed by atoms with Crippen LogP contribution in [0.3, 0.4) is 0 Å². The van der Waals surface area contributed by atoms with Crippen molar-refractivity contribution in [1.82, 2.24) is 9.88 Å². The lowest BCUT2D eigenvalue weighted by molar-refractivity contribution is 0.313. The summed E-state index contributed by atoms with van der Waals surface area (Å²) < 4.78 is 0. The molecule has 0 unspecified atom stereocenters. The minimum absolute atomic E-state index is 0.983. The molecule has 0 bridgehead atoms. The van der Waals surface area contributed by atoms with Crippen molar-refractivity contribution in [2.75, 3.05) is 13.6 Å². The number of nitrogens with zero attached hydrogens (tertiary/aromatic N) is 2. The van der Waals surface area contributed by atoms with Crippen molar-refractivity contribution < 1.29 is 0 Å². The molecular formula is C16H18N2. The molecule has 1 aliphatic heterocycles. The Labute approximate surface area is 108 Å². The van der Waals surface area contributed by atoms with Crippen molar-refractivity contribution in [1.29, 1.82) is 0 Å². The van der Waals surface area contributed by atoms with Crippen LogP contribution in [0.4, 0.5) is 0 Å². The number of rotatable bonds is 2. The van der Waals surface area contributed by atoms with Gasteiger partial charge >= 0.3 is 0 Å². The van der Waals surface area contributed by atoms with Gasteiger partial charge < -0.3 is 4.90 Å². The fourth-order valence-corrected chi connectivity index (χ4v) is 2.60. The van der Waals surface area contributed by atoms with Crippen LogP contribution in [0.1, 0.15) is 22.3 Å². The summed E-state index contributed by atoms with van der Waals surface area (Å²) >= 11 is 0. The van der Waals surface area contributed by atoms with Gasteiger partial charge in [-0.05, 0) is 48.2 Å². The first-order valence-corrected chi connectivity index (χ1v) is 6.49. The Balaban J connectivity index is 1.82. The summed E-state index contributed by atoms with van der Waals surface area (Å²) in [6.45, 7) is 2.26. The molecule has 1 aromatic heterocycles. The zero-order chi connectivity index (χ0) is 12.4. The highest BCUT2D eigenvalue weighted by Crippen LogP contribution is 2.20. The molecule has 92 valence electrons. The molecule has 1 aromatic carbocycles. The van der Waals surface area contributed by atoms with Crippen LogP contribution in [0.15, 0.2) is 42.7 Å². The number of pyridine rings is 1.